The maximum absolute atomic E-state index is 12.3. The van der Waals surface area contributed by atoms with Gasteiger partial charge in [0.2, 0.25) is 0 Å². The number of amides is 1. The minimum atomic E-state index is -0.899. The number of aliphatic hydroxyl groups is 1. The third-order valence-corrected chi connectivity index (χ3v) is 3.90. The molecule has 1 atom stereocenters. The van der Waals surface area contributed by atoms with Crippen LogP contribution in [-0.2, 0) is 9.59 Å². The average Bonchev–Trinajstić information content (AvgIpc) is 2.80. The molecule has 1 aromatic carbocycles. The molecule has 128 valence electrons. The molecule has 8 heteroatoms. The Hall–Kier alpha value is -2.90. The molecule has 0 aromatic heterocycles. The van der Waals surface area contributed by atoms with Gasteiger partial charge in [0.05, 0.1) is 16.5 Å². The number of nitro groups is 1. The Bertz CT molecular complexity index is 740. The molecular weight excluding hydrogens is 316 g/mol. The van der Waals surface area contributed by atoms with Crippen LogP contribution in [-0.4, -0.2) is 38.3 Å². The number of nitrogens with zero attached hydrogens (tertiary/aromatic N) is 2. The number of benzene rings is 1. The monoisotopic (exact) mass is 334 g/mol. The summed E-state index contributed by atoms with van der Waals surface area (Å²) < 4.78 is 0. The van der Waals surface area contributed by atoms with E-state index >= 15 is 0 Å². The van der Waals surface area contributed by atoms with Gasteiger partial charge >= 0.3 is 5.69 Å². The Labute approximate surface area is 138 Å². The fraction of sp³-hybridized carbons (Fsp3) is 0.375. The molecule has 1 amide bonds. The lowest BCUT2D eigenvalue weighted by molar-refractivity contribution is -0.385. The maximum Gasteiger partial charge on any atom is 0.311 e. The quantitative estimate of drug-likeness (QED) is 0.608. The van der Waals surface area contributed by atoms with Crippen LogP contribution in [0.4, 0.5) is 5.69 Å². The lowest BCUT2D eigenvalue weighted by Crippen LogP contribution is -2.31. The first-order valence-electron chi connectivity index (χ1n) is 7.58. The van der Waals surface area contributed by atoms with Crippen molar-refractivity contribution in [1.82, 2.24) is 4.90 Å². The highest BCUT2D eigenvalue weighted by molar-refractivity contribution is 6.08. The normalized spacial score (nSPS) is 17.5. The summed E-state index contributed by atoms with van der Waals surface area (Å²) in [7, 11) is 0. The standard InChI is InChI=1S/C16H18N2O6/c1-3-7-17-14(13(11(19)4-2)15(21)16(17)22)9-5-6-12(20)10(8-9)18(23)24/h5-6,8,14,20-21H,3-4,7H2,1-2H3. The molecule has 24 heavy (non-hydrogen) atoms. The molecule has 1 aromatic rings. The molecule has 0 saturated heterocycles. The van der Waals surface area contributed by atoms with E-state index in [1.54, 1.807) is 6.92 Å². The van der Waals surface area contributed by atoms with Crippen LogP contribution in [0.5, 0.6) is 5.75 Å². The smallest absolute Gasteiger partial charge is 0.311 e. The number of aliphatic hydroxyl groups excluding tert-OH is 1. The SMILES string of the molecule is CCCN1C(=O)C(O)=C(C(=O)CC)C1c1ccc(O)c([N+](=O)[O-])c1. The van der Waals surface area contributed by atoms with Crippen molar-refractivity contribution in [2.75, 3.05) is 6.54 Å². The van der Waals surface area contributed by atoms with Gasteiger partial charge in [0.25, 0.3) is 5.91 Å². The van der Waals surface area contributed by atoms with Crippen molar-refractivity contribution in [3.05, 3.63) is 45.2 Å². The van der Waals surface area contributed by atoms with Gasteiger partial charge in [-0.1, -0.05) is 19.9 Å². The molecule has 1 aliphatic heterocycles. The van der Waals surface area contributed by atoms with Crippen LogP contribution in [0.2, 0.25) is 0 Å². The first kappa shape index (κ1) is 17.5. The number of carbonyl (C=O) groups is 2. The predicted octanol–water partition coefficient (Wildman–Crippen LogP) is 2.38. The van der Waals surface area contributed by atoms with E-state index in [9.17, 15) is 29.9 Å². The highest BCUT2D eigenvalue weighted by Crippen LogP contribution is 2.40. The van der Waals surface area contributed by atoms with Crippen molar-refractivity contribution in [1.29, 1.82) is 0 Å². The number of rotatable bonds is 6. The van der Waals surface area contributed by atoms with Gasteiger partial charge in [-0.25, -0.2) is 0 Å². The summed E-state index contributed by atoms with van der Waals surface area (Å²) in [5.74, 6) is -2.20. The molecule has 0 radical (unpaired) electrons. The van der Waals surface area contributed by atoms with Crippen LogP contribution in [0, 0.1) is 10.1 Å². The van der Waals surface area contributed by atoms with E-state index in [0.29, 0.717) is 12.0 Å². The van der Waals surface area contributed by atoms with E-state index in [1.165, 1.54) is 11.0 Å². The number of phenolic OH excluding ortho intramolecular Hbond substituents is 1. The van der Waals surface area contributed by atoms with E-state index in [0.717, 1.165) is 12.1 Å². The van der Waals surface area contributed by atoms with Crippen LogP contribution < -0.4 is 0 Å². The third kappa shape index (κ3) is 2.82. The minimum Gasteiger partial charge on any atom is -0.503 e. The highest BCUT2D eigenvalue weighted by atomic mass is 16.6. The summed E-state index contributed by atoms with van der Waals surface area (Å²) in [6, 6.07) is 2.78. The van der Waals surface area contributed by atoms with Crippen LogP contribution in [0.25, 0.3) is 0 Å². The second-order valence-corrected chi connectivity index (χ2v) is 5.45. The van der Waals surface area contributed by atoms with E-state index in [2.05, 4.69) is 0 Å². The Balaban J connectivity index is 2.62. The molecule has 2 N–H and O–H groups in total. The predicted molar refractivity (Wildman–Crippen MR) is 84.5 cm³/mol. The summed E-state index contributed by atoms with van der Waals surface area (Å²) in [5, 5.41) is 30.7. The average molecular weight is 334 g/mol. The number of Topliss-reactive ketones (excluding diaryl/α,β-unsaturated/α-hetero) is 1. The Kier molecular flexibility index (Phi) is 4.87. The molecule has 8 nitrogen and oxygen atoms in total. The first-order valence-corrected chi connectivity index (χ1v) is 7.58. The molecule has 2 rings (SSSR count). The molecule has 0 saturated carbocycles. The summed E-state index contributed by atoms with van der Waals surface area (Å²) >= 11 is 0. The Morgan fingerprint density at radius 2 is 2.00 bits per heavy atom. The molecule has 0 fully saturated rings. The fourth-order valence-electron chi connectivity index (χ4n) is 2.80. The van der Waals surface area contributed by atoms with Crippen LogP contribution in [0.1, 0.15) is 38.3 Å². The number of nitro benzene ring substituents is 1. The van der Waals surface area contributed by atoms with Gasteiger partial charge in [-0.3, -0.25) is 19.7 Å². The van der Waals surface area contributed by atoms with Crippen molar-refractivity contribution in [3.63, 3.8) is 0 Å². The zero-order valence-corrected chi connectivity index (χ0v) is 13.4. The van der Waals surface area contributed by atoms with Crippen molar-refractivity contribution in [2.45, 2.75) is 32.7 Å². The van der Waals surface area contributed by atoms with Crippen molar-refractivity contribution in [3.8, 4) is 5.75 Å². The summed E-state index contributed by atoms with van der Waals surface area (Å²) in [4.78, 5) is 36.1. The van der Waals surface area contributed by atoms with Gasteiger partial charge in [-0.2, -0.15) is 0 Å². The zero-order chi connectivity index (χ0) is 18.0. The molecule has 0 spiro atoms. The van der Waals surface area contributed by atoms with Crippen LogP contribution in [0.3, 0.4) is 0 Å². The van der Waals surface area contributed by atoms with Gasteiger partial charge in [-0.15, -0.1) is 0 Å². The largest absolute Gasteiger partial charge is 0.503 e. The number of ketones is 1. The van der Waals surface area contributed by atoms with Crippen LogP contribution in [0.15, 0.2) is 29.5 Å². The molecule has 1 unspecified atom stereocenters. The van der Waals surface area contributed by atoms with E-state index in [-0.39, 0.29) is 18.5 Å². The van der Waals surface area contributed by atoms with E-state index in [4.69, 9.17) is 0 Å². The summed E-state index contributed by atoms with van der Waals surface area (Å²) in [6.07, 6.45) is 0.673. The Morgan fingerprint density at radius 1 is 1.33 bits per heavy atom. The molecular formula is C16H18N2O6. The number of hydrogen-bond acceptors (Lipinski definition) is 6. The Morgan fingerprint density at radius 3 is 2.54 bits per heavy atom. The lowest BCUT2D eigenvalue weighted by Gasteiger charge is -2.26. The topological polar surface area (TPSA) is 121 Å². The van der Waals surface area contributed by atoms with Crippen molar-refractivity contribution in [2.24, 2.45) is 0 Å². The molecule has 1 aliphatic rings. The van der Waals surface area contributed by atoms with Gasteiger partial charge in [-0.05, 0) is 18.1 Å². The second-order valence-electron chi connectivity index (χ2n) is 5.45. The number of phenols is 1. The number of hydrogen-bond donors (Lipinski definition) is 2. The van der Waals surface area contributed by atoms with E-state index in [1.807, 2.05) is 6.92 Å². The number of aromatic hydroxyl groups is 1. The zero-order valence-electron chi connectivity index (χ0n) is 13.4. The molecule has 1 heterocycles. The second kappa shape index (κ2) is 6.69. The first-order chi connectivity index (χ1) is 11.3. The fourth-order valence-corrected chi connectivity index (χ4v) is 2.80. The van der Waals surface area contributed by atoms with Gasteiger partial charge in [0.15, 0.2) is 17.3 Å². The molecule has 0 bridgehead atoms. The lowest BCUT2D eigenvalue weighted by atomic mass is 9.94. The van der Waals surface area contributed by atoms with Gasteiger partial charge in [0.1, 0.15) is 0 Å². The highest BCUT2D eigenvalue weighted by Gasteiger charge is 2.43. The van der Waals surface area contributed by atoms with Crippen molar-refractivity contribution >= 4 is 17.4 Å². The molecule has 0 aliphatic carbocycles. The summed E-state index contributed by atoms with van der Waals surface area (Å²) in [5.41, 5.74) is -0.288. The summed E-state index contributed by atoms with van der Waals surface area (Å²) in [6.45, 7) is 3.72. The van der Waals surface area contributed by atoms with Crippen LogP contribution >= 0.6 is 0 Å². The number of carbonyl (C=O) groups excluding carboxylic acids is 2. The minimum absolute atomic E-state index is 0.0593. The van der Waals surface area contributed by atoms with Gasteiger partial charge < -0.3 is 15.1 Å². The third-order valence-electron chi connectivity index (χ3n) is 3.90. The van der Waals surface area contributed by atoms with E-state index < -0.39 is 39.9 Å². The maximum atomic E-state index is 12.3. The van der Waals surface area contributed by atoms with Crippen molar-refractivity contribution < 1.29 is 24.7 Å². The van der Waals surface area contributed by atoms with Gasteiger partial charge in [0, 0.05) is 19.0 Å².